The molecule has 0 radical (unpaired) electrons. The monoisotopic (exact) mass is 275 g/mol. The van der Waals surface area contributed by atoms with Gasteiger partial charge in [-0.2, -0.15) is 0 Å². The lowest BCUT2D eigenvalue weighted by Gasteiger charge is -2.07. The molecule has 0 spiro atoms. The second-order valence-electron chi connectivity index (χ2n) is 4.05. The number of rotatable bonds is 3. The van der Waals surface area contributed by atoms with Crippen LogP contribution < -0.4 is 11.1 Å². The number of carbonyl (C=O) groups is 1. The predicted molar refractivity (Wildman–Crippen MR) is 65.6 cm³/mol. The summed E-state index contributed by atoms with van der Waals surface area (Å²) in [6.45, 7) is 0.371. The van der Waals surface area contributed by atoms with Crippen molar-refractivity contribution in [3.05, 3.63) is 11.1 Å². The average molecular weight is 275 g/mol. The van der Waals surface area contributed by atoms with E-state index in [1.807, 2.05) is 0 Å². The molecule has 0 bridgehead atoms. The number of amides is 1. The zero-order valence-electron chi connectivity index (χ0n) is 9.05. The fourth-order valence-corrected chi connectivity index (χ4v) is 4.16. The van der Waals surface area contributed by atoms with Crippen molar-refractivity contribution < 1.29 is 13.2 Å². The summed E-state index contributed by atoms with van der Waals surface area (Å²) in [5.74, 6) is 0.0890. The van der Waals surface area contributed by atoms with E-state index in [1.165, 1.54) is 11.3 Å². The van der Waals surface area contributed by atoms with Crippen LogP contribution in [-0.4, -0.2) is 37.4 Å². The third-order valence-corrected chi connectivity index (χ3v) is 5.14. The molecule has 2 rings (SSSR count). The Balaban J connectivity index is 1.85. The summed E-state index contributed by atoms with van der Waals surface area (Å²) in [5.41, 5.74) is 5.70. The quantitative estimate of drug-likeness (QED) is 0.801. The van der Waals surface area contributed by atoms with Gasteiger partial charge in [-0.3, -0.25) is 4.79 Å². The molecule has 1 unspecified atom stereocenters. The molecule has 8 heteroatoms. The standard InChI is InChI=1S/C9H13N3O3S2/c10-9-12-7(4-16-9)8(13)11-3-6-1-2-17(14,15)5-6/h4,6H,1-3,5H2,(H2,10,12)(H,11,13). The molecule has 17 heavy (non-hydrogen) atoms. The number of nitrogen functional groups attached to an aromatic ring is 1. The molecule has 1 atom stereocenters. The van der Waals surface area contributed by atoms with E-state index in [-0.39, 0.29) is 29.0 Å². The summed E-state index contributed by atoms with van der Waals surface area (Å²) >= 11 is 1.20. The first-order chi connectivity index (χ1) is 7.96. The zero-order valence-corrected chi connectivity index (χ0v) is 10.7. The zero-order chi connectivity index (χ0) is 12.5. The summed E-state index contributed by atoms with van der Waals surface area (Å²) in [6, 6.07) is 0. The number of hydrogen-bond acceptors (Lipinski definition) is 6. The highest BCUT2D eigenvalue weighted by molar-refractivity contribution is 7.91. The van der Waals surface area contributed by atoms with Crippen molar-refractivity contribution in [1.29, 1.82) is 0 Å². The number of sulfone groups is 1. The molecule has 0 aromatic carbocycles. The molecule has 1 aliphatic heterocycles. The largest absolute Gasteiger partial charge is 0.375 e. The van der Waals surface area contributed by atoms with Crippen LogP contribution in [0, 0.1) is 5.92 Å². The molecule has 1 aliphatic rings. The molecule has 1 fully saturated rings. The van der Waals surface area contributed by atoms with Gasteiger partial charge in [0.15, 0.2) is 15.0 Å². The second-order valence-corrected chi connectivity index (χ2v) is 7.17. The molecule has 1 saturated heterocycles. The van der Waals surface area contributed by atoms with E-state index < -0.39 is 9.84 Å². The number of carbonyl (C=O) groups excluding carboxylic acids is 1. The van der Waals surface area contributed by atoms with Gasteiger partial charge in [-0.25, -0.2) is 13.4 Å². The molecule has 1 amide bonds. The van der Waals surface area contributed by atoms with Crippen LogP contribution in [0.25, 0.3) is 0 Å². The van der Waals surface area contributed by atoms with E-state index >= 15 is 0 Å². The van der Waals surface area contributed by atoms with Crippen LogP contribution in [0.3, 0.4) is 0 Å². The Morgan fingerprint density at radius 1 is 1.65 bits per heavy atom. The minimum absolute atomic E-state index is 0.0138. The van der Waals surface area contributed by atoms with E-state index in [9.17, 15) is 13.2 Å². The first kappa shape index (κ1) is 12.3. The van der Waals surface area contributed by atoms with E-state index in [2.05, 4.69) is 10.3 Å². The number of anilines is 1. The highest BCUT2D eigenvalue weighted by atomic mass is 32.2. The SMILES string of the molecule is Nc1nc(C(=O)NCC2CCS(=O)(=O)C2)cs1. The van der Waals surface area contributed by atoms with Crippen LogP contribution in [0.15, 0.2) is 5.38 Å². The van der Waals surface area contributed by atoms with Gasteiger partial charge in [0.25, 0.3) is 5.91 Å². The van der Waals surface area contributed by atoms with E-state index in [4.69, 9.17) is 5.73 Å². The van der Waals surface area contributed by atoms with E-state index in [0.29, 0.717) is 18.1 Å². The topological polar surface area (TPSA) is 102 Å². The fraction of sp³-hybridized carbons (Fsp3) is 0.556. The van der Waals surface area contributed by atoms with Crippen LogP contribution in [-0.2, 0) is 9.84 Å². The van der Waals surface area contributed by atoms with E-state index in [1.54, 1.807) is 5.38 Å². The lowest BCUT2D eigenvalue weighted by Crippen LogP contribution is -2.30. The number of nitrogens with zero attached hydrogens (tertiary/aromatic N) is 1. The van der Waals surface area contributed by atoms with Crippen molar-refractivity contribution >= 4 is 32.2 Å². The average Bonchev–Trinajstić information content (AvgIpc) is 2.81. The molecule has 3 N–H and O–H groups in total. The highest BCUT2D eigenvalue weighted by Crippen LogP contribution is 2.17. The van der Waals surface area contributed by atoms with Gasteiger partial charge in [0, 0.05) is 11.9 Å². The van der Waals surface area contributed by atoms with Crippen molar-refractivity contribution in [1.82, 2.24) is 10.3 Å². The number of aromatic nitrogens is 1. The van der Waals surface area contributed by atoms with Gasteiger partial charge in [0.2, 0.25) is 0 Å². The number of hydrogen-bond donors (Lipinski definition) is 2. The van der Waals surface area contributed by atoms with Gasteiger partial charge in [0.1, 0.15) is 5.69 Å². The normalized spacial score (nSPS) is 22.5. The Hall–Kier alpha value is -1.15. The van der Waals surface area contributed by atoms with Crippen LogP contribution >= 0.6 is 11.3 Å². The van der Waals surface area contributed by atoms with Gasteiger partial charge in [0.05, 0.1) is 11.5 Å². The molecule has 0 aliphatic carbocycles. The second kappa shape index (κ2) is 4.61. The maximum absolute atomic E-state index is 11.6. The van der Waals surface area contributed by atoms with Gasteiger partial charge < -0.3 is 11.1 Å². The summed E-state index contributed by atoms with van der Waals surface area (Å²) in [4.78, 5) is 15.5. The third-order valence-electron chi connectivity index (χ3n) is 2.63. The molecule has 6 nitrogen and oxygen atoms in total. The highest BCUT2D eigenvalue weighted by Gasteiger charge is 2.28. The van der Waals surface area contributed by atoms with Gasteiger partial charge in [-0.05, 0) is 12.3 Å². The molecule has 94 valence electrons. The summed E-state index contributed by atoms with van der Waals surface area (Å²) < 4.78 is 22.4. The molecule has 1 aromatic heterocycles. The van der Waals surface area contributed by atoms with Crippen molar-refractivity contribution in [2.24, 2.45) is 5.92 Å². The molecule has 1 aromatic rings. The molecule has 2 heterocycles. The minimum atomic E-state index is -2.89. The van der Waals surface area contributed by atoms with Crippen LogP contribution in [0.4, 0.5) is 5.13 Å². The van der Waals surface area contributed by atoms with Crippen molar-refractivity contribution in [3.8, 4) is 0 Å². The van der Waals surface area contributed by atoms with Gasteiger partial charge in [-0.1, -0.05) is 0 Å². The lowest BCUT2D eigenvalue weighted by atomic mass is 10.1. The summed E-state index contributed by atoms with van der Waals surface area (Å²) in [5, 5.41) is 4.60. The smallest absolute Gasteiger partial charge is 0.270 e. The number of thiazole rings is 1. The van der Waals surface area contributed by atoms with Gasteiger partial charge in [-0.15, -0.1) is 11.3 Å². The molecular weight excluding hydrogens is 262 g/mol. The fourth-order valence-electron chi connectivity index (χ4n) is 1.75. The van der Waals surface area contributed by atoms with E-state index in [0.717, 1.165) is 0 Å². The van der Waals surface area contributed by atoms with Crippen LogP contribution in [0.2, 0.25) is 0 Å². The van der Waals surface area contributed by atoms with Gasteiger partial charge >= 0.3 is 0 Å². The first-order valence-corrected chi connectivity index (χ1v) is 7.86. The Morgan fingerprint density at radius 3 is 2.94 bits per heavy atom. The Labute approximate surface area is 103 Å². The summed E-state index contributed by atoms with van der Waals surface area (Å²) in [7, 11) is -2.89. The maximum Gasteiger partial charge on any atom is 0.270 e. The predicted octanol–water partition coefficient (Wildman–Crippen LogP) is -0.110. The number of nitrogens with two attached hydrogens (primary N) is 1. The third kappa shape index (κ3) is 3.16. The summed E-state index contributed by atoms with van der Waals surface area (Å²) in [6.07, 6.45) is 0.613. The Bertz CT molecular complexity index is 523. The van der Waals surface area contributed by atoms with Crippen molar-refractivity contribution in [3.63, 3.8) is 0 Å². The molecule has 0 saturated carbocycles. The number of nitrogens with one attached hydrogen (secondary N) is 1. The van der Waals surface area contributed by atoms with Crippen LogP contribution in [0.1, 0.15) is 16.9 Å². The lowest BCUT2D eigenvalue weighted by molar-refractivity contribution is 0.0944. The minimum Gasteiger partial charge on any atom is -0.375 e. The maximum atomic E-state index is 11.6. The first-order valence-electron chi connectivity index (χ1n) is 5.16. The van der Waals surface area contributed by atoms with Crippen molar-refractivity contribution in [2.75, 3.05) is 23.8 Å². The van der Waals surface area contributed by atoms with Crippen molar-refractivity contribution in [2.45, 2.75) is 6.42 Å². The Morgan fingerprint density at radius 2 is 2.41 bits per heavy atom. The van der Waals surface area contributed by atoms with Crippen LogP contribution in [0.5, 0.6) is 0 Å². The molecular formula is C9H13N3O3S2. The Kier molecular flexibility index (Phi) is 3.34.